The van der Waals surface area contributed by atoms with Crippen LogP contribution in [0.15, 0.2) is 27.3 Å². The molecule has 0 amide bonds. The number of carbonyl (C=O) groups excluding carboxylic acids is 1. The smallest absolute Gasteiger partial charge is 0.310 e. The fourth-order valence-electron chi connectivity index (χ4n) is 2.34. The summed E-state index contributed by atoms with van der Waals surface area (Å²) in [5, 5.41) is 2.90. The fraction of sp³-hybridized carbons (Fsp3) is 0.385. The van der Waals surface area contributed by atoms with Crippen molar-refractivity contribution < 1.29 is 9.53 Å². The molecule has 2 aromatic heterocycles. The molecule has 0 aromatic carbocycles. The van der Waals surface area contributed by atoms with Gasteiger partial charge < -0.3 is 9.72 Å². The van der Waals surface area contributed by atoms with Crippen molar-refractivity contribution in [1.82, 2.24) is 4.98 Å². The van der Waals surface area contributed by atoms with Gasteiger partial charge in [0.05, 0.1) is 17.6 Å². The molecule has 0 aliphatic carbocycles. The lowest BCUT2D eigenvalue weighted by Crippen LogP contribution is -2.29. The molecule has 0 bridgehead atoms. The van der Waals surface area contributed by atoms with Crippen LogP contribution in [-0.4, -0.2) is 23.3 Å². The first-order valence-corrected chi connectivity index (χ1v) is 8.94. The van der Waals surface area contributed by atoms with E-state index in [1.54, 1.807) is 11.3 Å². The minimum Gasteiger partial charge on any atom is -0.466 e. The SMILES string of the molecule is CCOC(=O)C1CSc2[nH]c(=O)sc2C1c1cccs1. The second-order valence-corrected chi connectivity index (χ2v) is 7.39. The van der Waals surface area contributed by atoms with Gasteiger partial charge in [0.25, 0.3) is 0 Å². The zero-order chi connectivity index (χ0) is 14.1. The minimum absolute atomic E-state index is 0.0609. The molecule has 1 aliphatic rings. The van der Waals surface area contributed by atoms with Crippen LogP contribution in [0.25, 0.3) is 0 Å². The van der Waals surface area contributed by atoms with Gasteiger partial charge in [-0.1, -0.05) is 17.4 Å². The van der Waals surface area contributed by atoms with Gasteiger partial charge in [0, 0.05) is 21.4 Å². The van der Waals surface area contributed by atoms with Gasteiger partial charge in [-0.15, -0.1) is 23.1 Å². The number of thioether (sulfide) groups is 1. The van der Waals surface area contributed by atoms with Crippen molar-refractivity contribution in [2.75, 3.05) is 12.4 Å². The Morgan fingerprint density at radius 3 is 3.10 bits per heavy atom. The van der Waals surface area contributed by atoms with Crippen molar-refractivity contribution in [2.45, 2.75) is 17.9 Å². The number of hydrogen-bond donors (Lipinski definition) is 1. The van der Waals surface area contributed by atoms with E-state index in [9.17, 15) is 9.59 Å². The first-order valence-electron chi connectivity index (χ1n) is 6.26. The molecule has 2 aromatic rings. The van der Waals surface area contributed by atoms with Crippen LogP contribution >= 0.6 is 34.4 Å². The van der Waals surface area contributed by atoms with E-state index in [2.05, 4.69) is 4.98 Å². The molecular formula is C13H13NO3S3. The lowest BCUT2D eigenvalue weighted by atomic mass is 9.91. The van der Waals surface area contributed by atoms with Crippen LogP contribution < -0.4 is 4.87 Å². The zero-order valence-corrected chi connectivity index (χ0v) is 13.2. The summed E-state index contributed by atoms with van der Waals surface area (Å²) in [6.07, 6.45) is 0. The molecule has 0 spiro atoms. The Hall–Kier alpha value is -1.05. The maximum absolute atomic E-state index is 12.2. The van der Waals surface area contributed by atoms with Gasteiger partial charge in [0.1, 0.15) is 0 Å². The minimum atomic E-state index is -0.224. The van der Waals surface area contributed by atoms with Gasteiger partial charge in [-0.05, 0) is 18.4 Å². The maximum Gasteiger partial charge on any atom is 0.310 e. The van der Waals surface area contributed by atoms with E-state index >= 15 is 0 Å². The molecule has 0 saturated carbocycles. The Bertz CT molecular complexity index is 659. The van der Waals surface area contributed by atoms with E-state index in [-0.39, 0.29) is 22.7 Å². The average Bonchev–Trinajstić information content (AvgIpc) is 3.05. The Morgan fingerprint density at radius 1 is 1.55 bits per heavy atom. The van der Waals surface area contributed by atoms with E-state index < -0.39 is 0 Å². The van der Waals surface area contributed by atoms with Gasteiger partial charge in [0.2, 0.25) is 0 Å². The van der Waals surface area contributed by atoms with Crippen molar-refractivity contribution in [3.05, 3.63) is 36.9 Å². The van der Waals surface area contributed by atoms with Crippen molar-refractivity contribution in [3.63, 3.8) is 0 Å². The van der Waals surface area contributed by atoms with Gasteiger partial charge in [0.15, 0.2) is 0 Å². The molecule has 3 rings (SSSR count). The molecule has 20 heavy (non-hydrogen) atoms. The molecule has 7 heteroatoms. The van der Waals surface area contributed by atoms with Crippen LogP contribution in [0.3, 0.4) is 0 Å². The van der Waals surface area contributed by atoms with E-state index in [0.29, 0.717) is 12.4 Å². The molecule has 2 atom stereocenters. The highest BCUT2D eigenvalue weighted by atomic mass is 32.2. The number of nitrogens with one attached hydrogen (secondary N) is 1. The quantitative estimate of drug-likeness (QED) is 0.881. The summed E-state index contributed by atoms with van der Waals surface area (Å²) >= 11 is 4.35. The number of aromatic nitrogens is 1. The van der Waals surface area contributed by atoms with E-state index in [4.69, 9.17) is 4.74 Å². The summed E-state index contributed by atoms with van der Waals surface area (Å²) < 4.78 is 5.20. The van der Waals surface area contributed by atoms with Crippen molar-refractivity contribution in [2.24, 2.45) is 5.92 Å². The Kier molecular flexibility index (Phi) is 4.00. The third-order valence-electron chi connectivity index (χ3n) is 3.17. The van der Waals surface area contributed by atoms with Crippen molar-refractivity contribution >= 4 is 40.4 Å². The van der Waals surface area contributed by atoms with Crippen LogP contribution in [0.5, 0.6) is 0 Å². The zero-order valence-electron chi connectivity index (χ0n) is 10.8. The molecule has 0 fully saturated rings. The molecule has 1 N–H and O–H groups in total. The normalized spacial score (nSPS) is 21.4. The lowest BCUT2D eigenvalue weighted by Gasteiger charge is -2.28. The second kappa shape index (κ2) is 5.75. The predicted molar refractivity (Wildman–Crippen MR) is 81.9 cm³/mol. The molecule has 3 heterocycles. The average molecular weight is 327 g/mol. The van der Waals surface area contributed by atoms with Crippen LogP contribution in [0.4, 0.5) is 0 Å². The number of aromatic amines is 1. The number of H-pyrrole nitrogens is 1. The monoisotopic (exact) mass is 327 g/mol. The number of thiophene rings is 1. The van der Waals surface area contributed by atoms with Gasteiger partial charge in [-0.3, -0.25) is 9.59 Å². The summed E-state index contributed by atoms with van der Waals surface area (Å²) in [6.45, 7) is 2.20. The number of ether oxygens (including phenoxy) is 1. The number of fused-ring (bicyclic) bond motifs is 1. The highest BCUT2D eigenvalue weighted by Crippen LogP contribution is 2.46. The lowest BCUT2D eigenvalue weighted by molar-refractivity contribution is -0.147. The van der Waals surface area contributed by atoms with Crippen LogP contribution in [0.1, 0.15) is 22.6 Å². The molecule has 4 nitrogen and oxygen atoms in total. The molecule has 106 valence electrons. The molecule has 0 saturated heterocycles. The summed E-state index contributed by atoms with van der Waals surface area (Å²) in [7, 11) is 0. The Balaban J connectivity index is 2.04. The van der Waals surface area contributed by atoms with Crippen LogP contribution in [-0.2, 0) is 9.53 Å². The molecule has 1 aliphatic heterocycles. The highest BCUT2D eigenvalue weighted by molar-refractivity contribution is 7.99. The number of hydrogen-bond acceptors (Lipinski definition) is 6. The third-order valence-corrected chi connectivity index (χ3v) is 6.36. The number of carbonyl (C=O) groups is 1. The third kappa shape index (κ3) is 2.45. The number of rotatable bonds is 3. The van der Waals surface area contributed by atoms with E-state index in [1.165, 1.54) is 23.1 Å². The van der Waals surface area contributed by atoms with E-state index in [1.807, 2.05) is 24.4 Å². The summed E-state index contributed by atoms with van der Waals surface area (Å²) in [6, 6.07) is 3.99. The Labute approximate surface area is 128 Å². The van der Waals surface area contributed by atoms with Crippen molar-refractivity contribution in [1.29, 1.82) is 0 Å². The van der Waals surface area contributed by atoms with Crippen LogP contribution in [0.2, 0.25) is 0 Å². The highest BCUT2D eigenvalue weighted by Gasteiger charge is 2.39. The van der Waals surface area contributed by atoms with Crippen LogP contribution in [0, 0.1) is 5.92 Å². The summed E-state index contributed by atoms with van der Waals surface area (Å²) in [5.41, 5.74) is 0. The van der Waals surface area contributed by atoms with Crippen molar-refractivity contribution in [3.8, 4) is 0 Å². The first-order chi connectivity index (χ1) is 9.70. The standard InChI is InChI=1S/C13H13NO3S3/c1-2-17-12(15)7-6-19-11-10(20-13(16)14-11)9(7)8-4-3-5-18-8/h3-5,7,9H,2,6H2,1H3,(H,14,16). The molecule has 0 radical (unpaired) electrons. The summed E-state index contributed by atoms with van der Waals surface area (Å²) in [5.74, 6) is 0.179. The number of thiazole rings is 1. The van der Waals surface area contributed by atoms with Gasteiger partial charge >= 0.3 is 10.8 Å². The predicted octanol–water partition coefficient (Wildman–Crippen LogP) is 2.91. The van der Waals surface area contributed by atoms with Gasteiger partial charge in [-0.25, -0.2) is 0 Å². The van der Waals surface area contributed by atoms with E-state index in [0.717, 1.165) is 14.8 Å². The molecular weight excluding hydrogens is 314 g/mol. The second-order valence-electron chi connectivity index (χ2n) is 4.37. The maximum atomic E-state index is 12.2. The molecule has 2 unspecified atom stereocenters. The fourth-order valence-corrected chi connectivity index (χ4v) is 5.70. The number of esters is 1. The van der Waals surface area contributed by atoms with Gasteiger partial charge in [-0.2, -0.15) is 0 Å². The first kappa shape index (κ1) is 13.9. The Morgan fingerprint density at radius 2 is 2.40 bits per heavy atom. The largest absolute Gasteiger partial charge is 0.466 e. The topological polar surface area (TPSA) is 59.2 Å². The summed E-state index contributed by atoms with van der Waals surface area (Å²) in [4.78, 5) is 28.7.